The van der Waals surface area contributed by atoms with Gasteiger partial charge in [-0.3, -0.25) is 4.79 Å². The standard InChI is InChI=1S/C18H27N3O/c1-13(2)12-14(3)15-8-6-7-9-16(15)19-17(22)18(4)10-11-21(5)20-18/h6-11,13-14,20H,12H2,1-5H3,(H,19,22). The van der Waals surface area contributed by atoms with E-state index in [1.165, 1.54) is 5.56 Å². The maximum atomic E-state index is 12.6. The third-order valence-corrected chi connectivity index (χ3v) is 4.08. The highest BCUT2D eigenvalue weighted by molar-refractivity contribution is 6.00. The highest BCUT2D eigenvalue weighted by Gasteiger charge is 2.35. The van der Waals surface area contributed by atoms with Crippen LogP contribution < -0.4 is 10.7 Å². The van der Waals surface area contributed by atoms with Crippen LogP contribution in [0.15, 0.2) is 36.5 Å². The number of benzene rings is 1. The number of nitrogens with zero attached hydrogens (tertiary/aromatic N) is 1. The summed E-state index contributed by atoms with van der Waals surface area (Å²) in [7, 11) is 1.88. The average molecular weight is 301 g/mol. The number of carbonyl (C=O) groups is 1. The Morgan fingerprint density at radius 2 is 2.00 bits per heavy atom. The Morgan fingerprint density at radius 1 is 1.32 bits per heavy atom. The van der Waals surface area contributed by atoms with Crippen LogP contribution in [0.4, 0.5) is 5.69 Å². The lowest BCUT2D eigenvalue weighted by molar-refractivity contribution is -0.120. The molecule has 2 atom stereocenters. The van der Waals surface area contributed by atoms with Gasteiger partial charge in [0, 0.05) is 18.9 Å². The molecule has 1 heterocycles. The third-order valence-electron chi connectivity index (χ3n) is 4.08. The zero-order valence-electron chi connectivity index (χ0n) is 14.2. The minimum absolute atomic E-state index is 0.0442. The van der Waals surface area contributed by atoms with Crippen LogP contribution in [-0.4, -0.2) is 23.5 Å². The summed E-state index contributed by atoms with van der Waals surface area (Å²) in [5.74, 6) is 1.00. The molecule has 0 saturated carbocycles. The Bertz CT molecular complexity index is 567. The van der Waals surface area contributed by atoms with Crippen molar-refractivity contribution in [2.75, 3.05) is 12.4 Å². The molecular weight excluding hydrogens is 274 g/mol. The zero-order valence-corrected chi connectivity index (χ0v) is 14.2. The number of hydrazine groups is 1. The highest BCUT2D eigenvalue weighted by Crippen LogP contribution is 2.30. The van der Waals surface area contributed by atoms with Crippen LogP contribution in [-0.2, 0) is 4.79 Å². The van der Waals surface area contributed by atoms with E-state index in [0.29, 0.717) is 11.8 Å². The molecule has 1 aromatic rings. The van der Waals surface area contributed by atoms with Crippen LogP contribution in [0.2, 0.25) is 0 Å². The van der Waals surface area contributed by atoms with E-state index in [2.05, 4.69) is 37.6 Å². The van der Waals surface area contributed by atoms with Crippen LogP contribution in [0.1, 0.15) is 45.6 Å². The Kier molecular flexibility index (Phi) is 4.91. The van der Waals surface area contributed by atoms with Gasteiger partial charge in [0.25, 0.3) is 0 Å². The van der Waals surface area contributed by atoms with Crippen LogP contribution in [0.25, 0.3) is 0 Å². The minimum Gasteiger partial charge on any atom is -0.324 e. The SMILES string of the molecule is CC(C)CC(C)c1ccccc1NC(=O)C1(C)C=CN(C)N1. The van der Waals surface area contributed by atoms with Crippen molar-refractivity contribution >= 4 is 11.6 Å². The average Bonchev–Trinajstić information content (AvgIpc) is 2.79. The fourth-order valence-electron chi connectivity index (χ4n) is 2.96. The number of amides is 1. The minimum atomic E-state index is -0.705. The quantitative estimate of drug-likeness (QED) is 0.875. The fourth-order valence-corrected chi connectivity index (χ4v) is 2.96. The fraction of sp³-hybridized carbons (Fsp3) is 0.500. The number of carbonyl (C=O) groups excluding carboxylic acids is 1. The second-order valence-electron chi connectivity index (χ2n) is 6.81. The van der Waals surface area contributed by atoms with Gasteiger partial charge in [0.15, 0.2) is 0 Å². The Labute approximate surface area is 133 Å². The van der Waals surface area contributed by atoms with Gasteiger partial charge in [-0.2, -0.15) is 0 Å². The number of anilines is 1. The molecule has 0 spiro atoms. The van der Waals surface area contributed by atoms with E-state index in [4.69, 9.17) is 0 Å². The van der Waals surface area contributed by atoms with E-state index in [-0.39, 0.29) is 5.91 Å². The number of hydrogen-bond donors (Lipinski definition) is 2. The molecule has 1 aliphatic rings. The second-order valence-corrected chi connectivity index (χ2v) is 6.81. The molecule has 1 amide bonds. The van der Waals surface area contributed by atoms with E-state index in [1.54, 1.807) is 5.01 Å². The molecule has 4 nitrogen and oxygen atoms in total. The first kappa shape index (κ1) is 16.6. The second kappa shape index (κ2) is 6.53. The number of para-hydroxylation sites is 1. The first-order valence-corrected chi connectivity index (χ1v) is 7.92. The van der Waals surface area contributed by atoms with Crippen molar-refractivity contribution in [3.63, 3.8) is 0 Å². The molecule has 2 unspecified atom stereocenters. The molecule has 0 aromatic heterocycles. The molecule has 0 saturated heterocycles. The topological polar surface area (TPSA) is 44.4 Å². The molecule has 1 aromatic carbocycles. The van der Waals surface area contributed by atoms with E-state index in [1.807, 2.05) is 44.4 Å². The molecule has 2 N–H and O–H groups in total. The Morgan fingerprint density at radius 3 is 2.59 bits per heavy atom. The van der Waals surface area contributed by atoms with Gasteiger partial charge in [0.05, 0.1) is 0 Å². The lowest BCUT2D eigenvalue weighted by Gasteiger charge is -2.26. The molecular formula is C18H27N3O. The van der Waals surface area contributed by atoms with E-state index < -0.39 is 5.54 Å². The van der Waals surface area contributed by atoms with Crippen LogP contribution in [0.3, 0.4) is 0 Å². The predicted molar refractivity (Wildman–Crippen MR) is 91.4 cm³/mol. The number of nitrogens with one attached hydrogen (secondary N) is 2. The monoisotopic (exact) mass is 301 g/mol. The summed E-state index contributed by atoms with van der Waals surface area (Å²) in [5.41, 5.74) is 4.54. The van der Waals surface area contributed by atoms with Gasteiger partial charge in [0.2, 0.25) is 5.91 Å². The van der Waals surface area contributed by atoms with Crippen molar-refractivity contribution in [2.45, 2.75) is 45.6 Å². The zero-order chi connectivity index (χ0) is 16.3. The van der Waals surface area contributed by atoms with Crippen molar-refractivity contribution in [3.05, 3.63) is 42.1 Å². The normalized spacial score (nSPS) is 22.2. The van der Waals surface area contributed by atoms with Crippen molar-refractivity contribution in [2.24, 2.45) is 5.92 Å². The summed E-state index contributed by atoms with van der Waals surface area (Å²) in [6.45, 7) is 8.54. The van der Waals surface area contributed by atoms with E-state index >= 15 is 0 Å². The first-order chi connectivity index (χ1) is 10.3. The molecule has 1 aliphatic heterocycles. The van der Waals surface area contributed by atoms with Crippen molar-refractivity contribution in [1.82, 2.24) is 10.4 Å². The van der Waals surface area contributed by atoms with Crippen LogP contribution in [0, 0.1) is 5.92 Å². The maximum absolute atomic E-state index is 12.6. The van der Waals surface area contributed by atoms with Crippen LogP contribution >= 0.6 is 0 Å². The molecule has 4 heteroatoms. The number of hydrogen-bond acceptors (Lipinski definition) is 3. The third kappa shape index (κ3) is 3.69. The van der Waals surface area contributed by atoms with Gasteiger partial charge in [-0.15, -0.1) is 0 Å². The van der Waals surface area contributed by atoms with Crippen molar-refractivity contribution in [3.8, 4) is 0 Å². The summed E-state index contributed by atoms with van der Waals surface area (Å²) in [5, 5.41) is 4.89. The summed E-state index contributed by atoms with van der Waals surface area (Å²) >= 11 is 0. The van der Waals surface area contributed by atoms with Gasteiger partial charge < -0.3 is 10.3 Å². The summed E-state index contributed by atoms with van der Waals surface area (Å²) in [4.78, 5) is 12.6. The predicted octanol–water partition coefficient (Wildman–Crippen LogP) is 3.50. The van der Waals surface area contributed by atoms with Gasteiger partial charge in [-0.05, 0) is 42.9 Å². The summed E-state index contributed by atoms with van der Waals surface area (Å²) in [6.07, 6.45) is 4.85. The maximum Gasteiger partial charge on any atom is 0.250 e. The van der Waals surface area contributed by atoms with Gasteiger partial charge in [0.1, 0.15) is 5.54 Å². The smallest absolute Gasteiger partial charge is 0.250 e. The van der Waals surface area contributed by atoms with Gasteiger partial charge >= 0.3 is 0 Å². The molecule has 0 fully saturated rings. The molecule has 0 bridgehead atoms. The summed E-state index contributed by atoms with van der Waals surface area (Å²) in [6, 6.07) is 8.09. The molecule has 22 heavy (non-hydrogen) atoms. The number of rotatable bonds is 5. The van der Waals surface area contributed by atoms with E-state index in [9.17, 15) is 4.79 Å². The van der Waals surface area contributed by atoms with Gasteiger partial charge in [-0.1, -0.05) is 39.0 Å². The van der Waals surface area contributed by atoms with Crippen molar-refractivity contribution in [1.29, 1.82) is 0 Å². The van der Waals surface area contributed by atoms with E-state index in [0.717, 1.165) is 12.1 Å². The van der Waals surface area contributed by atoms with Gasteiger partial charge in [-0.25, -0.2) is 5.43 Å². The lowest BCUT2D eigenvalue weighted by atomic mass is 9.90. The van der Waals surface area contributed by atoms with Crippen molar-refractivity contribution < 1.29 is 4.79 Å². The lowest BCUT2D eigenvalue weighted by Crippen LogP contribution is -2.51. The summed E-state index contributed by atoms with van der Waals surface area (Å²) < 4.78 is 0. The Balaban J connectivity index is 2.16. The Hall–Kier alpha value is -1.81. The molecule has 120 valence electrons. The first-order valence-electron chi connectivity index (χ1n) is 7.92. The molecule has 2 rings (SSSR count). The molecule has 0 aliphatic carbocycles. The van der Waals surface area contributed by atoms with Crippen LogP contribution in [0.5, 0.6) is 0 Å². The highest BCUT2D eigenvalue weighted by atomic mass is 16.2. The largest absolute Gasteiger partial charge is 0.324 e. The molecule has 0 radical (unpaired) electrons.